The Bertz CT molecular complexity index is 84.1. The van der Waals surface area contributed by atoms with Gasteiger partial charge >= 0.3 is 0 Å². The molecular weight excluding hydrogens is 88.1 g/mol. The maximum atomic E-state index is 10.1. The van der Waals surface area contributed by atoms with E-state index in [1.165, 1.54) is 0 Å². The average molecular weight is 97.1 g/mol. The molecule has 39 valence electrons. The van der Waals surface area contributed by atoms with Crippen LogP contribution in [0, 0.1) is 11.8 Å². The Morgan fingerprint density at radius 1 is 1.71 bits per heavy atom. The molecule has 0 aliphatic heterocycles. The Balaban J connectivity index is 3.24. The third-order valence-electron chi connectivity index (χ3n) is 0.482. The molecule has 0 N–H and O–H groups in total. The Labute approximate surface area is 44.4 Å². The van der Waals surface area contributed by atoms with E-state index < -0.39 is 6.10 Å². The van der Waals surface area contributed by atoms with Gasteiger partial charge in [0.1, 0.15) is 0 Å². The smallest absolute Gasteiger partial charge is 0.150 e. The van der Waals surface area contributed by atoms with Gasteiger partial charge in [-0.15, -0.1) is 5.92 Å². The van der Waals surface area contributed by atoms with E-state index >= 15 is 0 Å². The molecule has 1 nitrogen and oxygen atoms in total. The molecule has 0 aliphatic rings. The molecule has 1 radical (unpaired) electrons. The summed E-state index contributed by atoms with van der Waals surface area (Å²) in [6, 6.07) is 0. The zero-order valence-corrected chi connectivity index (χ0v) is 4.69. The second-order valence-corrected chi connectivity index (χ2v) is 1.32. The van der Waals surface area contributed by atoms with Crippen LogP contribution in [0.3, 0.4) is 0 Å². The minimum absolute atomic E-state index is 0.708. The largest absolute Gasteiger partial charge is 0.219 e. The van der Waals surface area contributed by atoms with Crippen molar-refractivity contribution in [1.82, 2.24) is 0 Å². The van der Waals surface area contributed by atoms with Gasteiger partial charge in [-0.25, -0.2) is 5.11 Å². The highest BCUT2D eigenvalue weighted by atomic mass is 16.3. The zero-order chi connectivity index (χ0) is 5.70. The lowest BCUT2D eigenvalue weighted by molar-refractivity contribution is 0.154. The molecular formula is C6H9O. The molecule has 0 aromatic carbocycles. The van der Waals surface area contributed by atoms with E-state index in [4.69, 9.17) is 0 Å². The van der Waals surface area contributed by atoms with Gasteiger partial charge < -0.3 is 0 Å². The maximum absolute atomic E-state index is 10.1. The average Bonchev–Trinajstić information content (AvgIpc) is 1.61. The van der Waals surface area contributed by atoms with Crippen molar-refractivity contribution in [2.75, 3.05) is 0 Å². The summed E-state index contributed by atoms with van der Waals surface area (Å²) < 4.78 is 0. The third-order valence-corrected chi connectivity index (χ3v) is 0.482. The summed E-state index contributed by atoms with van der Waals surface area (Å²) in [6.45, 7) is 3.47. The minimum atomic E-state index is -0.708. The number of hydrogen-bond donors (Lipinski definition) is 0. The fourth-order valence-corrected chi connectivity index (χ4v) is 0.246. The van der Waals surface area contributed by atoms with E-state index in [0.29, 0.717) is 0 Å². The molecule has 1 unspecified atom stereocenters. The Hall–Kier alpha value is -0.480. The summed E-state index contributed by atoms with van der Waals surface area (Å²) >= 11 is 0. The van der Waals surface area contributed by atoms with Crippen LogP contribution < -0.4 is 0 Å². The monoisotopic (exact) mass is 97.1 g/mol. The molecule has 0 saturated heterocycles. The van der Waals surface area contributed by atoms with Crippen molar-refractivity contribution in [2.45, 2.75) is 26.4 Å². The second-order valence-electron chi connectivity index (χ2n) is 1.32. The molecule has 7 heavy (non-hydrogen) atoms. The van der Waals surface area contributed by atoms with Crippen molar-refractivity contribution >= 4 is 0 Å². The van der Waals surface area contributed by atoms with E-state index in [1.54, 1.807) is 6.92 Å². The van der Waals surface area contributed by atoms with Crippen LogP contribution in [0.15, 0.2) is 0 Å². The molecule has 0 saturated carbocycles. The van der Waals surface area contributed by atoms with Gasteiger partial charge in [-0.2, -0.15) is 0 Å². The van der Waals surface area contributed by atoms with Crippen LogP contribution in [0.4, 0.5) is 0 Å². The SMILES string of the molecule is CCC#CC(C)[O]. The molecule has 1 atom stereocenters. The van der Waals surface area contributed by atoms with Crippen molar-refractivity contribution < 1.29 is 5.11 Å². The summed E-state index contributed by atoms with van der Waals surface area (Å²) in [4.78, 5) is 0. The highest BCUT2D eigenvalue weighted by Gasteiger charge is 1.82. The fraction of sp³-hybridized carbons (Fsp3) is 0.667. The van der Waals surface area contributed by atoms with Gasteiger partial charge in [0.25, 0.3) is 0 Å². The van der Waals surface area contributed by atoms with Crippen LogP contribution in [-0.4, -0.2) is 6.10 Å². The Morgan fingerprint density at radius 3 is 2.43 bits per heavy atom. The molecule has 0 heterocycles. The van der Waals surface area contributed by atoms with Gasteiger partial charge in [0, 0.05) is 6.42 Å². The van der Waals surface area contributed by atoms with Gasteiger partial charge in [-0.05, 0) is 6.92 Å². The number of hydrogen-bond acceptors (Lipinski definition) is 0. The molecule has 0 aromatic rings. The molecule has 0 amide bonds. The molecule has 0 spiro atoms. The van der Waals surface area contributed by atoms with Gasteiger partial charge in [0.05, 0.1) is 0 Å². The minimum Gasteiger partial charge on any atom is -0.219 e. The predicted octanol–water partition coefficient (Wildman–Crippen LogP) is 1.22. The molecule has 0 rings (SSSR count). The lowest BCUT2D eigenvalue weighted by atomic mass is 10.4. The topological polar surface area (TPSA) is 19.9 Å². The normalized spacial score (nSPS) is 11.9. The van der Waals surface area contributed by atoms with Gasteiger partial charge in [-0.1, -0.05) is 12.8 Å². The van der Waals surface area contributed by atoms with E-state index in [0.717, 1.165) is 6.42 Å². The number of rotatable bonds is 0. The van der Waals surface area contributed by atoms with Crippen molar-refractivity contribution in [3.05, 3.63) is 0 Å². The van der Waals surface area contributed by atoms with Crippen molar-refractivity contribution in [3.63, 3.8) is 0 Å². The summed E-state index contributed by atoms with van der Waals surface area (Å²) in [5.41, 5.74) is 0. The van der Waals surface area contributed by atoms with Crippen molar-refractivity contribution in [2.24, 2.45) is 0 Å². The maximum Gasteiger partial charge on any atom is 0.150 e. The standard InChI is InChI=1S/C6H9O/c1-3-4-5-6(2)7/h6H,3H2,1-2H3. The first-order chi connectivity index (χ1) is 3.27. The van der Waals surface area contributed by atoms with Crippen LogP contribution in [0.1, 0.15) is 20.3 Å². The molecule has 0 fully saturated rings. The highest BCUT2D eigenvalue weighted by molar-refractivity contribution is 5.01. The molecule has 0 aliphatic carbocycles. The highest BCUT2D eigenvalue weighted by Crippen LogP contribution is 1.75. The summed E-state index contributed by atoms with van der Waals surface area (Å²) in [5.74, 6) is 5.17. The summed E-state index contributed by atoms with van der Waals surface area (Å²) in [6.07, 6.45) is 0.0759. The van der Waals surface area contributed by atoms with E-state index in [9.17, 15) is 5.11 Å². The van der Waals surface area contributed by atoms with Gasteiger partial charge in [-0.3, -0.25) is 0 Å². The van der Waals surface area contributed by atoms with E-state index in [2.05, 4.69) is 11.8 Å². The van der Waals surface area contributed by atoms with E-state index in [-0.39, 0.29) is 0 Å². The van der Waals surface area contributed by atoms with Crippen molar-refractivity contribution in [1.29, 1.82) is 0 Å². The first-order valence-electron chi connectivity index (χ1n) is 2.41. The van der Waals surface area contributed by atoms with Crippen LogP contribution in [0.25, 0.3) is 0 Å². The quantitative estimate of drug-likeness (QED) is 0.405. The molecule has 1 heteroatoms. The van der Waals surface area contributed by atoms with Crippen LogP contribution in [0.5, 0.6) is 0 Å². The van der Waals surface area contributed by atoms with E-state index in [1.807, 2.05) is 6.92 Å². The van der Waals surface area contributed by atoms with Crippen LogP contribution >= 0.6 is 0 Å². The molecule has 0 aromatic heterocycles. The third kappa shape index (κ3) is 5.52. The lowest BCUT2D eigenvalue weighted by Crippen LogP contribution is -1.88. The predicted molar refractivity (Wildman–Crippen MR) is 28.2 cm³/mol. The fourth-order valence-electron chi connectivity index (χ4n) is 0.246. The lowest BCUT2D eigenvalue weighted by Gasteiger charge is -1.79. The summed E-state index contributed by atoms with van der Waals surface area (Å²) in [7, 11) is 0. The Morgan fingerprint density at radius 2 is 2.29 bits per heavy atom. The van der Waals surface area contributed by atoms with Crippen molar-refractivity contribution in [3.8, 4) is 11.8 Å². The van der Waals surface area contributed by atoms with Gasteiger partial charge in [0.15, 0.2) is 6.10 Å². The molecule has 0 bridgehead atoms. The zero-order valence-electron chi connectivity index (χ0n) is 4.69. The first kappa shape index (κ1) is 6.52. The Kier molecular flexibility index (Phi) is 3.45. The second kappa shape index (κ2) is 3.70. The summed E-state index contributed by atoms with van der Waals surface area (Å²) in [5, 5.41) is 10.1. The van der Waals surface area contributed by atoms with Crippen LogP contribution in [0.2, 0.25) is 0 Å². The van der Waals surface area contributed by atoms with Crippen LogP contribution in [-0.2, 0) is 5.11 Å². The first-order valence-corrected chi connectivity index (χ1v) is 2.41. The van der Waals surface area contributed by atoms with Gasteiger partial charge in [0.2, 0.25) is 0 Å².